The van der Waals surface area contributed by atoms with Crippen molar-refractivity contribution in [3.05, 3.63) is 63.4 Å². The topological polar surface area (TPSA) is 66.8 Å². The van der Waals surface area contributed by atoms with Crippen LogP contribution in [0.25, 0.3) is 0 Å². The molecule has 0 radical (unpaired) electrons. The lowest BCUT2D eigenvalue weighted by Crippen LogP contribution is -2.35. The van der Waals surface area contributed by atoms with E-state index in [0.717, 1.165) is 43.4 Å². The molecule has 1 N–H and O–H groups in total. The number of halogens is 5. The molecule has 0 spiro atoms. The van der Waals surface area contributed by atoms with Crippen LogP contribution in [0.1, 0.15) is 77.9 Å². The van der Waals surface area contributed by atoms with Crippen molar-refractivity contribution in [3.8, 4) is 5.75 Å². The molecule has 2 aromatic rings. The number of carbonyl (C=O) groups excluding carboxylic acids is 1. The normalized spacial score (nSPS) is 22.4. The Bertz CT molecular complexity index is 1270. The minimum Gasteiger partial charge on any atom is -0.493 e. The zero-order valence-corrected chi connectivity index (χ0v) is 22.7. The lowest BCUT2D eigenvalue weighted by Gasteiger charge is -2.32. The molecule has 5 rings (SSSR count). The fourth-order valence-corrected chi connectivity index (χ4v) is 6.18. The SMILES string of the molecule is O=C(O)[C@@H]1CCC[C@H]1C(=O)c1cc(C2CC2)c(OCC2CCN(Cc3cc(C(F)(F)F)ccc3Cl)CC2)cc1F. The van der Waals surface area contributed by atoms with E-state index >= 15 is 4.39 Å². The van der Waals surface area contributed by atoms with Gasteiger partial charge in [0, 0.05) is 23.6 Å². The summed E-state index contributed by atoms with van der Waals surface area (Å²) in [5, 5.41) is 9.77. The summed E-state index contributed by atoms with van der Waals surface area (Å²) < 4.78 is 60.6. The quantitative estimate of drug-likeness (QED) is 0.248. The molecule has 2 aliphatic carbocycles. The third-order valence-corrected chi connectivity index (χ3v) is 8.87. The average Bonchev–Trinajstić information content (AvgIpc) is 3.63. The molecule has 3 fully saturated rings. The molecule has 0 aromatic heterocycles. The first-order chi connectivity index (χ1) is 19.0. The lowest BCUT2D eigenvalue weighted by atomic mass is 9.87. The number of ether oxygens (including phenoxy) is 1. The molecule has 10 heteroatoms. The van der Waals surface area contributed by atoms with Crippen molar-refractivity contribution in [2.24, 2.45) is 17.8 Å². The van der Waals surface area contributed by atoms with E-state index in [2.05, 4.69) is 4.90 Å². The zero-order chi connectivity index (χ0) is 28.6. The second-order valence-corrected chi connectivity index (χ2v) is 11.7. The Morgan fingerprint density at radius 1 is 1.00 bits per heavy atom. The van der Waals surface area contributed by atoms with Crippen LogP contribution in [0.4, 0.5) is 17.6 Å². The van der Waals surface area contributed by atoms with Crippen molar-refractivity contribution in [2.75, 3.05) is 19.7 Å². The van der Waals surface area contributed by atoms with Gasteiger partial charge < -0.3 is 9.84 Å². The summed E-state index contributed by atoms with van der Waals surface area (Å²) in [7, 11) is 0. The maximum Gasteiger partial charge on any atom is 0.416 e. The van der Waals surface area contributed by atoms with Gasteiger partial charge in [-0.1, -0.05) is 18.0 Å². The number of ketones is 1. The van der Waals surface area contributed by atoms with E-state index in [4.69, 9.17) is 16.3 Å². The van der Waals surface area contributed by atoms with Gasteiger partial charge >= 0.3 is 12.1 Å². The van der Waals surface area contributed by atoms with E-state index in [1.54, 1.807) is 6.07 Å². The lowest BCUT2D eigenvalue weighted by molar-refractivity contribution is -0.142. The molecule has 5 nitrogen and oxygen atoms in total. The maximum atomic E-state index is 15.2. The van der Waals surface area contributed by atoms with Crippen LogP contribution in [-0.2, 0) is 17.5 Å². The highest BCUT2D eigenvalue weighted by atomic mass is 35.5. The van der Waals surface area contributed by atoms with Gasteiger partial charge in [0.25, 0.3) is 0 Å². The number of nitrogens with zero attached hydrogens (tertiary/aromatic N) is 1. The first-order valence-corrected chi connectivity index (χ1v) is 14.2. The summed E-state index contributed by atoms with van der Waals surface area (Å²) >= 11 is 6.17. The molecule has 1 heterocycles. The standard InChI is InChI=1S/C30H32ClF4NO4/c31-25-7-6-20(30(33,34)35)12-19(25)15-36-10-8-17(9-11-36)16-40-27-14-26(32)24(13-23(27)18-4-5-18)28(37)21-2-1-3-22(21)29(38)39/h6-7,12-14,17-18,21-22H,1-5,8-11,15-16H2,(H,38,39)/t21-,22-/m1/s1. The molecule has 0 bridgehead atoms. The van der Waals surface area contributed by atoms with Crippen molar-refractivity contribution in [3.63, 3.8) is 0 Å². The third-order valence-electron chi connectivity index (χ3n) is 8.50. The summed E-state index contributed by atoms with van der Waals surface area (Å²) in [6.45, 7) is 2.04. The van der Waals surface area contributed by atoms with Crippen molar-refractivity contribution in [2.45, 2.75) is 63.6 Å². The van der Waals surface area contributed by atoms with E-state index in [0.29, 0.717) is 61.8 Å². The number of likely N-dealkylation sites (tertiary alicyclic amines) is 1. The first kappa shape index (κ1) is 28.9. The summed E-state index contributed by atoms with van der Waals surface area (Å²) in [5.74, 6) is -2.81. The summed E-state index contributed by atoms with van der Waals surface area (Å²) in [5.41, 5.74) is 0.476. The number of hydrogen-bond donors (Lipinski definition) is 1. The molecular formula is C30H32ClF4NO4. The van der Waals surface area contributed by atoms with Gasteiger partial charge in [-0.3, -0.25) is 14.5 Å². The number of piperidine rings is 1. The molecule has 40 heavy (non-hydrogen) atoms. The third kappa shape index (κ3) is 6.46. The fourth-order valence-electron chi connectivity index (χ4n) is 6.00. The van der Waals surface area contributed by atoms with Gasteiger partial charge in [-0.05, 0) is 98.8 Å². The van der Waals surface area contributed by atoms with Crippen LogP contribution >= 0.6 is 11.6 Å². The molecule has 3 aliphatic rings. The van der Waals surface area contributed by atoms with Gasteiger partial charge in [-0.2, -0.15) is 13.2 Å². The Morgan fingerprint density at radius 2 is 1.70 bits per heavy atom. The Morgan fingerprint density at radius 3 is 2.35 bits per heavy atom. The predicted octanol–water partition coefficient (Wildman–Crippen LogP) is 7.35. The Hall–Kier alpha value is -2.65. The molecule has 1 saturated heterocycles. The first-order valence-electron chi connectivity index (χ1n) is 13.8. The van der Waals surface area contributed by atoms with Crippen LogP contribution in [0.2, 0.25) is 5.02 Å². The van der Waals surface area contributed by atoms with Crippen molar-refractivity contribution < 1.29 is 37.0 Å². The average molecular weight is 582 g/mol. The smallest absolute Gasteiger partial charge is 0.416 e. The van der Waals surface area contributed by atoms with Crippen LogP contribution in [0.5, 0.6) is 5.75 Å². The van der Waals surface area contributed by atoms with Gasteiger partial charge in [0.1, 0.15) is 11.6 Å². The molecular weight excluding hydrogens is 550 g/mol. The van der Waals surface area contributed by atoms with E-state index in [9.17, 15) is 27.9 Å². The second-order valence-electron chi connectivity index (χ2n) is 11.3. The molecule has 216 valence electrons. The number of hydrogen-bond acceptors (Lipinski definition) is 4. The van der Waals surface area contributed by atoms with Crippen molar-refractivity contribution in [1.29, 1.82) is 0 Å². The molecule has 0 unspecified atom stereocenters. The van der Waals surface area contributed by atoms with Gasteiger partial charge in [0.05, 0.1) is 23.7 Å². The zero-order valence-electron chi connectivity index (χ0n) is 22.0. The Balaban J connectivity index is 1.20. The predicted molar refractivity (Wildman–Crippen MR) is 141 cm³/mol. The van der Waals surface area contributed by atoms with Gasteiger partial charge in [-0.15, -0.1) is 0 Å². The highest BCUT2D eigenvalue weighted by Gasteiger charge is 2.40. The highest BCUT2D eigenvalue weighted by Crippen LogP contribution is 2.46. The fraction of sp³-hybridized carbons (Fsp3) is 0.533. The molecule has 2 aromatic carbocycles. The second kappa shape index (κ2) is 11.7. The number of benzene rings is 2. The van der Waals surface area contributed by atoms with Crippen molar-refractivity contribution >= 4 is 23.4 Å². The number of rotatable bonds is 9. The van der Waals surface area contributed by atoms with Crippen LogP contribution in [0.15, 0.2) is 30.3 Å². The minimum absolute atomic E-state index is 0.0473. The molecule has 2 atom stereocenters. The maximum absolute atomic E-state index is 15.2. The van der Waals surface area contributed by atoms with Crippen LogP contribution in [0, 0.1) is 23.6 Å². The van der Waals surface area contributed by atoms with Gasteiger partial charge in [-0.25, -0.2) is 4.39 Å². The Labute approximate surface area is 235 Å². The van der Waals surface area contributed by atoms with Crippen molar-refractivity contribution in [1.82, 2.24) is 4.90 Å². The molecule has 0 amide bonds. The van der Waals surface area contributed by atoms with Gasteiger partial charge in [0.15, 0.2) is 5.78 Å². The van der Waals surface area contributed by atoms with E-state index in [1.807, 2.05) is 0 Å². The van der Waals surface area contributed by atoms with E-state index in [-0.39, 0.29) is 17.4 Å². The Kier molecular flexibility index (Phi) is 8.43. The van der Waals surface area contributed by atoms with E-state index < -0.39 is 41.1 Å². The number of Topliss-reactive ketones (excluding diaryl/α,β-unsaturated/α-hetero) is 1. The summed E-state index contributed by atoms with van der Waals surface area (Å²) in [4.78, 5) is 26.8. The summed E-state index contributed by atoms with van der Waals surface area (Å²) in [6, 6.07) is 6.22. The summed E-state index contributed by atoms with van der Waals surface area (Å²) in [6.07, 6.45) is 0.476. The van der Waals surface area contributed by atoms with Gasteiger partial charge in [0.2, 0.25) is 0 Å². The number of aliphatic carboxylic acids is 1. The van der Waals surface area contributed by atoms with Crippen LogP contribution in [0.3, 0.4) is 0 Å². The minimum atomic E-state index is -4.43. The monoisotopic (exact) mass is 581 g/mol. The number of carboxylic acids is 1. The van der Waals surface area contributed by atoms with Crippen LogP contribution < -0.4 is 4.74 Å². The van der Waals surface area contributed by atoms with Crippen LogP contribution in [-0.4, -0.2) is 41.5 Å². The number of alkyl halides is 3. The highest BCUT2D eigenvalue weighted by molar-refractivity contribution is 6.31. The number of carbonyl (C=O) groups is 2. The number of carboxylic acid groups (broad SMARTS) is 1. The van der Waals surface area contributed by atoms with E-state index in [1.165, 1.54) is 12.1 Å². The molecule has 2 saturated carbocycles. The largest absolute Gasteiger partial charge is 0.493 e. The molecule has 1 aliphatic heterocycles.